The van der Waals surface area contributed by atoms with E-state index in [9.17, 15) is 47.1 Å². The molecule has 12 aliphatic rings. The molecular weight excluding hydrogens is 1210 g/mol. The van der Waals surface area contributed by atoms with Crippen molar-refractivity contribution < 1.29 is 85.4 Å². The zero-order valence-corrected chi connectivity index (χ0v) is 57.8. The van der Waals surface area contributed by atoms with Gasteiger partial charge in [-0.05, 0) is 237 Å². The van der Waals surface area contributed by atoms with Crippen molar-refractivity contribution in [2.75, 3.05) is 18.1 Å². The summed E-state index contributed by atoms with van der Waals surface area (Å²) in [5, 5.41) is 19.3. The number of carbonyl (C=O) groups excluding carboxylic acids is 7. The first-order valence-corrected chi connectivity index (χ1v) is 35.0. The first kappa shape index (κ1) is 77.1. The summed E-state index contributed by atoms with van der Waals surface area (Å²) in [7, 11) is -2.97. The van der Waals surface area contributed by atoms with Crippen molar-refractivity contribution in [1.82, 2.24) is 0 Å². The number of aromatic hydroxyl groups is 1. The van der Waals surface area contributed by atoms with E-state index in [4.69, 9.17) is 33.5 Å². The van der Waals surface area contributed by atoms with Crippen LogP contribution in [0.5, 0.6) is 5.75 Å². The molecule has 0 radical (unpaired) electrons. The van der Waals surface area contributed by atoms with E-state index in [1.807, 2.05) is 19.1 Å². The third-order valence-electron chi connectivity index (χ3n) is 19.6. The number of cyclic esters (lactones) is 1. The van der Waals surface area contributed by atoms with Crippen LogP contribution in [0, 0.1) is 35.5 Å². The Kier molecular flexibility index (Phi) is 27.5. The van der Waals surface area contributed by atoms with Gasteiger partial charge in [0.2, 0.25) is 6.10 Å². The molecular formula is C74H106O18S. The van der Waals surface area contributed by atoms with Crippen molar-refractivity contribution in [2.45, 2.75) is 244 Å². The number of hydrogen-bond donors (Lipinski definition) is 2. The van der Waals surface area contributed by atoms with Crippen LogP contribution in [0.1, 0.15) is 209 Å². The number of aliphatic hydroxyl groups is 1. The standard InChI is InChI=1S/C15H22O2.C14H20O3.C11H18O2.C10H16O2.C8H12O4S.C8H10O4.C8H8O/c1-9(2)14(16)17-15(3)12-5-10-4-11(7-12)8-13(15)6-10;1-9(2)12(15)17-14-6-10-3-11(7-14)5-13(16,4-10)8-14;1-4-11(7-5-6-8-11)13-10(12)9(2)3;1-8(2)9(11)12-10(3)6-4-5-7-10;1-6(2)8(9)12-7-3-4-13(10,11)5-7;1-5(2)7(9)12-6-3-4-11-8(6)10;1-2-7-3-5-8(9)6-4-7/h10-13H,1,4-8H2,2-3H3;10-11,16H,1,3-8H2,2H3;2,4-8H2,1,3H3;1,4-7H2,2-3H3;7H,1,3-5H2,2H3;6H,1,3-4H2,2H3;2-6,9H,1H2. The number of phenolic OH excluding ortho intramolecular Hbond substituents is 1. The van der Waals surface area contributed by atoms with Gasteiger partial charge in [-0.15, -0.1) is 0 Å². The Morgan fingerprint density at radius 3 is 1.45 bits per heavy atom. The molecule has 0 amide bonds. The molecule has 18 nitrogen and oxygen atoms in total. The van der Waals surface area contributed by atoms with E-state index < -0.39 is 51.2 Å². The summed E-state index contributed by atoms with van der Waals surface area (Å²) >= 11 is 0. The average molecular weight is 1320 g/mol. The fraction of sp³-hybridized carbons (Fsp3) is 0.635. The van der Waals surface area contributed by atoms with Crippen LogP contribution in [-0.4, -0.2) is 119 Å². The number of ether oxygens (including phenoxy) is 7. The summed E-state index contributed by atoms with van der Waals surface area (Å²) in [6.45, 7) is 41.3. The predicted molar refractivity (Wildman–Crippen MR) is 356 cm³/mol. The van der Waals surface area contributed by atoms with E-state index in [0.29, 0.717) is 83.2 Å². The highest BCUT2D eigenvalue weighted by molar-refractivity contribution is 7.91. The Bertz CT molecular complexity index is 3020. The molecule has 10 saturated carbocycles. The van der Waals surface area contributed by atoms with Crippen LogP contribution < -0.4 is 0 Å². The number of benzene rings is 1. The summed E-state index contributed by atoms with van der Waals surface area (Å²) < 4.78 is 58.5. The van der Waals surface area contributed by atoms with E-state index in [-0.39, 0.29) is 57.8 Å². The highest BCUT2D eigenvalue weighted by atomic mass is 32.2. The molecule has 2 heterocycles. The van der Waals surface area contributed by atoms with Gasteiger partial charge in [0, 0.05) is 46.3 Å². The second-order valence-corrected chi connectivity index (χ2v) is 30.8. The maximum absolute atomic E-state index is 11.8. The number of esters is 7. The summed E-state index contributed by atoms with van der Waals surface area (Å²) in [6.07, 6.45) is 23.0. The van der Waals surface area contributed by atoms with Crippen molar-refractivity contribution in [1.29, 1.82) is 0 Å². The molecule has 1 aromatic rings. The predicted octanol–water partition coefficient (Wildman–Crippen LogP) is 13.5. The van der Waals surface area contributed by atoms with Crippen molar-refractivity contribution >= 4 is 57.7 Å². The van der Waals surface area contributed by atoms with Gasteiger partial charge in [0.1, 0.15) is 34.3 Å². The smallest absolute Gasteiger partial charge is 0.347 e. The van der Waals surface area contributed by atoms with E-state index in [1.165, 1.54) is 78.1 Å². The van der Waals surface area contributed by atoms with Gasteiger partial charge in [-0.25, -0.2) is 42.0 Å². The van der Waals surface area contributed by atoms with Gasteiger partial charge in [0.05, 0.1) is 23.7 Å². The van der Waals surface area contributed by atoms with Crippen LogP contribution >= 0.6 is 0 Å². The molecule has 19 heteroatoms. The van der Waals surface area contributed by atoms with Crippen molar-refractivity contribution in [3.8, 4) is 5.75 Å². The molecule has 2 saturated heterocycles. The Hall–Kier alpha value is -6.60. The van der Waals surface area contributed by atoms with Crippen LogP contribution in [0.4, 0.5) is 0 Å². The number of carbonyl (C=O) groups is 7. The molecule has 0 spiro atoms. The number of phenols is 1. The van der Waals surface area contributed by atoms with Crippen LogP contribution in [0.2, 0.25) is 0 Å². The SMILES string of the molecule is C=C(C)C(=O)OC1(C)C2CC3CC(C2)CC1C3.C=C(C)C(=O)OC1(C)CCCC1.C=C(C)C(=O)OC1(CC)CCCC1.C=C(C)C(=O)OC12CC3CC(CC(O)(C3)C1)C2.C=C(C)C(=O)OC1CCOC1=O.C=C(C)C(=O)OC1CCS(=O)(=O)C1.C=Cc1ccc(O)cc1. The molecule has 4 unspecified atom stereocenters. The first-order chi connectivity index (χ1) is 43.4. The lowest BCUT2D eigenvalue weighted by Gasteiger charge is -2.59. The molecule has 12 fully saturated rings. The molecule has 8 bridgehead atoms. The largest absolute Gasteiger partial charge is 0.508 e. The lowest BCUT2D eigenvalue weighted by atomic mass is 9.50. The number of rotatable bonds is 14. The van der Waals surface area contributed by atoms with Gasteiger partial charge < -0.3 is 43.4 Å². The zero-order chi connectivity index (χ0) is 69.4. The van der Waals surface area contributed by atoms with Gasteiger partial charge in [-0.1, -0.05) is 71.2 Å². The number of sulfone groups is 1. The van der Waals surface area contributed by atoms with Gasteiger partial charge in [0.25, 0.3) is 0 Å². The van der Waals surface area contributed by atoms with E-state index in [2.05, 4.69) is 64.6 Å². The van der Waals surface area contributed by atoms with Crippen LogP contribution in [0.15, 0.2) is 104 Å². The van der Waals surface area contributed by atoms with Crippen LogP contribution in [0.25, 0.3) is 6.08 Å². The van der Waals surface area contributed by atoms with Gasteiger partial charge >= 0.3 is 41.8 Å². The summed E-state index contributed by atoms with van der Waals surface area (Å²) in [5.74, 6) is 1.96. The molecule has 516 valence electrons. The Morgan fingerprint density at radius 2 is 1.03 bits per heavy atom. The minimum absolute atomic E-state index is 0.0496. The summed E-state index contributed by atoms with van der Waals surface area (Å²) in [5.41, 5.74) is 2.02. The molecule has 1 aromatic carbocycles. The first-order valence-electron chi connectivity index (χ1n) is 33.2. The molecule has 2 N–H and O–H groups in total. The lowest BCUT2D eigenvalue weighted by Crippen LogP contribution is -2.60. The summed E-state index contributed by atoms with van der Waals surface area (Å²) in [4.78, 5) is 78.8. The second-order valence-electron chi connectivity index (χ2n) is 28.6. The molecule has 2 aliphatic heterocycles. The Morgan fingerprint density at radius 1 is 0.591 bits per heavy atom. The second kappa shape index (κ2) is 33.2. The number of hydrogen-bond acceptors (Lipinski definition) is 18. The molecule has 0 aromatic heterocycles. The fourth-order valence-electron chi connectivity index (χ4n) is 15.0. The van der Waals surface area contributed by atoms with Gasteiger partial charge in [-0.3, -0.25) is 0 Å². The van der Waals surface area contributed by atoms with Crippen molar-refractivity contribution in [3.05, 3.63) is 109 Å². The highest BCUT2D eigenvalue weighted by Gasteiger charge is 2.60. The minimum Gasteiger partial charge on any atom is -0.508 e. The monoisotopic (exact) mass is 1310 g/mol. The zero-order valence-electron chi connectivity index (χ0n) is 57.0. The van der Waals surface area contributed by atoms with E-state index in [0.717, 1.165) is 75.2 Å². The van der Waals surface area contributed by atoms with Gasteiger partial charge in [-0.2, -0.15) is 0 Å². The quantitative estimate of drug-likeness (QED) is 0.0996. The van der Waals surface area contributed by atoms with Crippen LogP contribution in [-0.2, 0) is 76.6 Å². The third-order valence-corrected chi connectivity index (χ3v) is 21.4. The molecule has 4 atom stereocenters. The third kappa shape index (κ3) is 22.8. The minimum atomic E-state index is -2.97. The van der Waals surface area contributed by atoms with E-state index >= 15 is 0 Å². The molecule has 10 aliphatic carbocycles. The maximum atomic E-state index is 11.8. The Balaban J connectivity index is 0.000000199. The lowest BCUT2D eigenvalue weighted by molar-refractivity contribution is -0.217. The van der Waals surface area contributed by atoms with Crippen LogP contribution in [0.3, 0.4) is 0 Å². The van der Waals surface area contributed by atoms with Crippen molar-refractivity contribution in [3.63, 3.8) is 0 Å². The van der Waals surface area contributed by atoms with Gasteiger partial charge in [0.15, 0.2) is 9.84 Å². The fourth-order valence-corrected chi connectivity index (χ4v) is 16.6. The molecule has 93 heavy (non-hydrogen) atoms. The normalized spacial score (nSPS) is 29.8. The Labute approximate surface area is 553 Å². The average Bonchev–Trinajstić information content (AvgIpc) is 1.10. The summed E-state index contributed by atoms with van der Waals surface area (Å²) in [6, 6.07) is 6.89. The maximum Gasteiger partial charge on any atom is 0.347 e. The highest BCUT2D eigenvalue weighted by Crippen LogP contribution is 2.60. The molecule has 13 rings (SSSR count). The van der Waals surface area contributed by atoms with Crippen molar-refractivity contribution in [2.24, 2.45) is 35.5 Å². The topological polar surface area (TPSA) is 259 Å². The van der Waals surface area contributed by atoms with E-state index in [1.54, 1.807) is 45.9 Å².